The average Bonchev–Trinajstić information content (AvgIpc) is 3.29. The highest BCUT2D eigenvalue weighted by Crippen LogP contribution is 2.51. The van der Waals surface area contributed by atoms with Crippen molar-refractivity contribution < 1.29 is 23.8 Å². The number of methoxy groups -OCH3 is 1. The Morgan fingerprint density at radius 3 is 2.56 bits per heavy atom. The third-order valence-corrected chi connectivity index (χ3v) is 6.59. The van der Waals surface area contributed by atoms with Crippen LogP contribution in [0, 0.1) is 5.92 Å². The summed E-state index contributed by atoms with van der Waals surface area (Å²) in [6.45, 7) is 9.67. The van der Waals surface area contributed by atoms with Crippen molar-refractivity contribution in [3.8, 4) is 5.75 Å². The standard InChI is InChI=1S/C28H37N3O5/c1-6-35-20-10-7-18(8-11-20)24-21-13-15-31(27(33)36-28(2,3)4)25(21)22-17-19(9-12-23(22)30-24)26(32)29-14-16-34-5/h7-12,17,21,24-25,30H,6,13-16H2,1-5H3,(H,29,32). The Kier molecular flexibility index (Phi) is 7.73. The molecule has 0 bridgehead atoms. The fourth-order valence-corrected chi connectivity index (χ4v) is 5.08. The maximum atomic E-state index is 13.3. The first-order chi connectivity index (χ1) is 17.2. The summed E-state index contributed by atoms with van der Waals surface area (Å²) in [7, 11) is 1.60. The fraction of sp³-hybridized carbons (Fsp3) is 0.500. The molecule has 4 rings (SSSR count). The number of nitrogens with zero attached hydrogens (tertiary/aromatic N) is 1. The van der Waals surface area contributed by atoms with Crippen molar-refractivity contribution in [2.24, 2.45) is 5.92 Å². The zero-order chi connectivity index (χ0) is 25.9. The molecule has 194 valence electrons. The van der Waals surface area contributed by atoms with Gasteiger partial charge in [-0.1, -0.05) is 12.1 Å². The van der Waals surface area contributed by atoms with E-state index in [9.17, 15) is 9.59 Å². The Morgan fingerprint density at radius 2 is 1.89 bits per heavy atom. The molecule has 2 amide bonds. The number of nitrogens with one attached hydrogen (secondary N) is 2. The Morgan fingerprint density at radius 1 is 1.14 bits per heavy atom. The van der Waals surface area contributed by atoms with Crippen LogP contribution in [0.4, 0.5) is 10.5 Å². The number of carbonyl (C=O) groups is 2. The first kappa shape index (κ1) is 25.8. The van der Waals surface area contributed by atoms with Crippen molar-refractivity contribution in [2.45, 2.75) is 51.8 Å². The number of carbonyl (C=O) groups excluding carboxylic acids is 2. The molecule has 2 N–H and O–H groups in total. The van der Waals surface area contributed by atoms with E-state index in [0.29, 0.717) is 31.9 Å². The summed E-state index contributed by atoms with van der Waals surface area (Å²) in [4.78, 5) is 27.8. The summed E-state index contributed by atoms with van der Waals surface area (Å²) in [5.74, 6) is 0.788. The van der Waals surface area contributed by atoms with Crippen LogP contribution in [0.2, 0.25) is 0 Å². The molecule has 2 heterocycles. The smallest absolute Gasteiger partial charge is 0.410 e. The molecule has 2 aromatic rings. The Balaban J connectivity index is 1.69. The molecule has 2 aromatic carbocycles. The Hall–Kier alpha value is -3.26. The minimum absolute atomic E-state index is 0.00647. The van der Waals surface area contributed by atoms with E-state index in [1.165, 1.54) is 0 Å². The van der Waals surface area contributed by atoms with Gasteiger partial charge in [0.25, 0.3) is 5.91 Å². The van der Waals surface area contributed by atoms with Gasteiger partial charge < -0.3 is 29.7 Å². The summed E-state index contributed by atoms with van der Waals surface area (Å²) >= 11 is 0. The minimum atomic E-state index is -0.595. The van der Waals surface area contributed by atoms with E-state index in [1.54, 1.807) is 7.11 Å². The predicted octanol–water partition coefficient (Wildman–Crippen LogP) is 4.93. The number of ether oxygens (including phenoxy) is 3. The molecule has 1 saturated heterocycles. The molecule has 2 aliphatic rings. The van der Waals surface area contributed by atoms with Crippen LogP contribution in [0.5, 0.6) is 5.75 Å². The highest BCUT2D eigenvalue weighted by atomic mass is 16.6. The lowest BCUT2D eigenvalue weighted by Gasteiger charge is -2.40. The van der Waals surface area contributed by atoms with Crippen LogP contribution in [-0.4, -0.2) is 55.9 Å². The van der Waals surface area contributed by atoms with Crippen LogP contribution in [0.15, 0.2) is 42.5 Å². The van der Waals surface area contributed by atoms with Gasteiger partial charge in [-0.2, -0.15) is 0 Å². The Labute approximate surface area is 213 Å². The predicted molar refractivity (Wildman–Crippen MR) is 138 cm³/mol. The van der Waals surface area contributed by atoms with Crippen LogP contribution in [-0.2, 0) is 9.47 Å². The number of benzene rings is 2. The maximum absolute atomic E-state index is 13.3. The topological polar surface area (TPSA) is 89.1 Å². The quantitative estimate of drug-likeness (QED) is 0.530. The van der Waals surface area contributed by atoms with Crippen molar-refractivity contribution in [1.82, 2.24) is 10.2 Å². The van der Waals surface area contributed by atoms with E-state index in [0.717, 1.165) is 29.0 Å². The molecule has 8 nitrogen and oxygen atoms in total. The normalized spacial score (nSPS) is 20.7. The number of hydrogen-bond acceptors (Lipinski definition) is 6. The largest absolute Gasteiger partial charge is 0.494 e. The summed E-state index contributed by atoms with van der Waals surface area (Å²) in [6.07, 6.45) is 0.488. The minimum Gasteiger partial charge on any atom is -0.494 e. The highest BCUT2D eigenvalue weighted by molar-refractivity contribution is 5.95. The van der Waals surface area contributed by atoms with Crippen LogP contribution >= 0.6 is 0 Å². The number of amides is 2. The molecule has 0 aliphatic carbocycles. The molecule has 36 heavy (non-hydrogen) atoms. The van der Waals surface area contributed by atoms with Crippen LogP contribution in [0.25, 0.3) is 0 Å². The molecule has 1 fully saturated rings. The van der Waals surface area contributed by atoms with E-state index in [-0.39, 0.29) is 30.0 Å². The van der Waals surface area contributed by atoms with Crippen molar-refractivity contribution >= 4 is 17.7 Å². The monoisotopic (exact) mass is 495 g/mol. The van der Waals surface area contributed by atoms with E-state index in [4.69, 9.17) is 14.2 Å². The van der Waals surface area contributed by atoms with E-state index in [2.05, 4.69) is 22.8 Å². The van der Waals surface area contributed by atoms with Crippen LogP contribution < -0.4 is 15.4 Å². The molecule has 0 aromatic heterocycles. The van der Waals surface area contributed by atoms with Gasteiger partial charge in [0.05, 0.1) is 25.3 Å². The summed E-state index contributed by atoms with van der Waals surface area (Å²) in [5, 5.41) is 6.57. The number of likely N-dealkylation sites (tertiary alicyclic amines) is 1. The van der Waals surface area contributed by atoms with Gasteiger partial charge in [-0.3, -0.25) is 4.79 Å². The third kappa shape index (κ3) is 5.59. The van der Waals surface area contributed by atoms with Gasteiger partial charge in [-0.15, -0.1) is 0 Å². The van der Waals surface area contributed by atoms with Crippen LogP contribution in [0.3, 0.4) is 0 Å². The van der Waals surface area contributed by atoms with Gasteiger partial charge in [-0.25, -0.2) is 4.79 Å². The average molecular weight is 496 g/mol. The molecule has 8 heteroatoms. The van der Waals surface area contributed by atoms with Crippen molar-refractivity contribution in [2.75, 3.05) is 38.7 Å². The molecule has 0 radical (unpaired) electrons. The lowest BCUT2D eigenvalue weighted by molar-refractivity contribution is 0.0198. The molecule has 0 spiro atoms. The van der Waals surface area contributed by atoms with E-state index < -0.39 is 5.60 Å². The molecule has 3 atom stereocenters. The molecule has 3 unspecified atom stereocenters. The van der Waals surface area contributed by atoms with Gasteiger partial charge in [0.15, 0.2) is 0 Å². The van der Waals surface area contributed by atoms with Crippen molar-refractivity contribution in [1.29, 1.82) is 0 Å². The van der Waals surface area contributed by atoms with Gasteiger partial charge in [-0.05, 0) is 75.6 Å². The maximum Gasteiger partial charge on any atom is 0.410 e. The number of rotatable bonds is 7. The van der Waals surface area contributed by atoms with Gasteiger partial charge in [0, 0.05) is 37.4 Å². The molecular weight excluding hydrogens is 458 g/mol. The number of hydrogen-bond donors (Lipinski definition) is 2. The highest BCUT2D eigenvalue weighted by Gasteiger charge is 2.47. The fourth-order valence-electron chi connectivity index (χ4n) is 5.08. The number of anilines is 1. The zero-order valence-corrected chi connectivity index (χ0v) is 21.8. The van der Waals surface area contributed by atoms with Gasteiger partial charge >= 0.3 is 6.09 Å². The van der Waals surface area contributed by atoms with Crippen molar-refractivity contribution in [3.05, 3.63) is 59.2 Å². The van der Waals surface area contributed by atoms with E-state index >= 15 is 0 Å². The second-order valence-electron chi connectivity index (χ2n) is 10.2. The zero-order valence-electron chi connectivity index (χ0n) is 21.8. The molecular formula is C28H37N3O5. The van der Waals surface area contributed by atoms with E-state index in [1.807, 2.05) is 62.9 Å². The lowest BCUT2D eigenvalue weighted by atomic mass is 9.79. The summed E-state index contributed by atoms with van der Waals surface area (Å²) in [6, 6.07) is 13.6. The van der Waals surface area contributed by atoms with Gasteiger partial charge in [0.1, 0.15) is 11.4 Å². The van der Waals surface area contributed by atoms with Gasteiger partial charge in [0.2, 0.25) is 0 Å². The summed E-state index contributed by atoms with van der Waals surface area (Å²) < 4.78 is 16.4. The molecule has 2 aliphatic heterocycles. The second kappa shape index (κ2) is 10.8. The summed E-state index contributed by atoms with van der Waals surface area (Å²) in [5.41, 5.74) is 2.94. The van der Waals surface area contributed by atoms with Crippen LogP contribution in [0.1, 0.15) is 67.7 Å². The first-order valence-electron chi connectivity index (χ1n) is 12.6. The molecule has 0 saturated carbocycles. The second-order valence-corrected chi connectivity index (χ2v) is 10.2. The number of fused-ring (bicyclic) bond motifs is 3. The third-order valence-electron chi connectivity index (χ3n) is 6.59. The first-order valence-corrected chi connectivity index (χ1v) is 12.6. The Bertz CT molecular complexity index is 1080. The lowest BCUT2D eigenvalue weighted by Crippen LogP contribution is -2.40. The SMILES string of the molecule is CCOc1ccc(C2Nc3ccc(C(=O)NCCOC)cc3C3C2CCN3C(=O)OC(C)(C)C)cc1. The van der Waals surface area contributed by atoms with Crippen molar-refractivity contribution in [3.63, 3.8) is 0 Å².